The molecule has 2 aromatic rings. The molecule has 1 amide bonds. The third-order valence-corrected chi connectivity index (χ3v) is 3.79. The van der Waals surface area contributed by atoms with Crippen LogP contribution in [0, 0.1) is 6.92 Å². The molecule has 0 saturated heterocycles. The number of amides is 1. The third-order valence-electron chi connectivity index (χ3n) is 3.30. The van der Waals surface area contributed by atoms with E-state index in [1.807, 2.05) is 49.4 Å². The van der Waals surface area contributed by atoms with E-state index in [-0.39, 0.29) is 5.91 Å². The number of carbonyl (C=O) groups is 1. The summed E-state index contributed by atoms with van der Waals surface area (Å²) in [5, 5.41) is 0. The first kappa shape index (κ1) is 13.2. The van der Waals surface area contributed by atoms with E-state index < -0.39 is 0 Å². The van der Waals surface area contributed by atoms with Crippen LogP contribution in [0.1, 0.15) is 15.9 Å². The molecule has 1 aliphatic heterocycles. The second-order valence-corrected chi connectivity index (χ2v) is 5.70. The average molecular weight is 332 g/mol. The van der Waals surface area contributed by atoms with E-state index in [4.69, 9.17) is 4.74 Å². The Bertz CT molecular complexity index is 669. The molecule has 0 aromatic heterocycles. The van der Waals surface area contributed by atoms with Crippen molar-refractivity contribution < 1.29 is 9.53 Å². The number of ether oxygens (including phenoxy) is 1. The summed E-state index contributed by atoms with van der Waals surface area (Å²) >= 11 is 3.42. The molecule has 2 aromatic carbocycles. The van der Waals surface area contributed by atoms with E-state index in [1.54, 1.807) is 4.90 Å². The normalized spacial score (nSPS) is 13.6. The maximum Gasteiger partial charge on any atom is 0.258 e. The number of aryl methyl sites for hydroxylation is 1. The maximum absolute atomic E-state index is 12.7. The zero-order valence-corrected chi connectivity index (χ0v) is 12.7. The summed E-state index contributed by atoms with van der Waals surface area (Å²) < 4.78 is 6.57. The van der Waals surface area contributed by atoms with Crippen molar-refractivity contribution in [3.8, 4) is 5.75 Å². The number of anilines is 1. The number of benzene rings is 2. The Balaban J connectivity index is 1.98. The SMILES string of the molecule is Cc1cccc(C(=O)N2CCOc3cc(Br)ccc32)c1. The lowest BCUT2D eigenvalue weighted by Crippen LogP contribution is -2.37. The minimum atomic E-state index is 0.0144. The Hall–Kier alpha value is -1.81. The smallest absolute Gasteiger partial charge is 0.258 e. The van der Waals surface area contributed by atoms with Crippen LogP contribution in [0.15, 0.2) is 46.9 Å². The number of hydrogen-bond acceptors (Lipinski definition) is 2. The highest BCUT2D eigenvalue weighted by Crippen LogP contribution is 2.34. The number of rotatable bonds is 1. The summed E-state index contributed by atoms with van der Waals surface area (Å²) in [7, 11) is 0. The van der Waals surface area contributed by atoms with Crippen molar-refractivity contribution in [2.75, 3.05) is 18.1 Å². The number of hydrogen-bond donors (Lipinski definition) is 0. The van der Waals surface area contributed by atoms with Gasteiger partial charge in [-0.2, -0.15) is 0 Å². The Morgan fingerprint density at radius 1 is 1.25 bits per heavy atom. The van der Waals surface area contributed by atoms with E-state index in [0.717, 1.165) is 21.5 Å². The van der Waals surface area contributed by atoms with Crippen LogP contribution >= 0.6 is 15.9 Å². The molecule has 20 heavy (non-hydrogen) atoms. The van der Waals surface area contributed by atoms with E-state index in [0.29, 0.717) is 18.7 Å². The van der Waals surface area contributed by atoms with E-state index in [9.17, 15) is 4.79 Å². The van der Waals surface area contributed by atoms with Gasteiger partial charge in [-0.15, -0.1) is 0 Å². The summed E-state index contributed by atoms with van der Waals surface area (Å²) in [6.07, 6.45) is 0. The number of nitrogens with zero attached hydrogens (tertiary/aromatic N) is 1. The van der Waals surface area contributed by atoms with Crippen LogP contribution in [-0.4, -0.2) is 19.1 Å². The maximum atomic E-state index is 12.7. The van der Waals surface area contributed by atoms with Gasteiger partial charge >= 0.3 is 0 Å². The van der Waals surface area contributed by atoms with Gasteiger partial charge in [0.15, 0.2) is 0 Å². The molecule has 0 unspecified atom stereocenters. The van der Waals surface area contributed by atoms with Gasteiger partial charge in [0.1, 0.15) is 12.4 Å². The molecule has 0 radical (unpaired) electrons. The van der Waals surface area contributed by atoms with Crippen LogP contribution in [0.5, 0.6) is 5.75 Å². The standard InChI is InChI=1S/C16H14BrNO2/c1-11-3-2-4-12(9-11)16(19)18-7-8-20-15-10-13(17)5-6-14(15)18/h2-6,9-10H,7-8H2,1H3. The molecule has 0 bridgehead atoms. The van der Waals surface area contributed by atoms with E-state index in [2.05, 4.69) is 15.9 Å². The minimum absolute atomic E-state index is 0.0144. The molecule has 102 valence electrons. The molecule has 0 fully saturated rings. The molecule has 0 N–H and O–H groups in total. The van der Waals surface area contributed by atoms with Crippen molar-refractivity contribution >= 4 is 27.5 Å². The molecule has 3 nitrogen and oxygen atoms in total. The number of fused-ring (bicyclic) bond motifs is 1. The number of carbonyl (C=O) groups excluding carboxylic acids is 1. The fraction of sp³-hybridized carbons (Fsp3) is 0.188. The van der Waals surface area contributed by atoms with Gasteiger partial charge in [-0.3, -0.25) is 4.79 Å². The molecule has 1 aliphatic rings. The highest BCUT2D eigenvalue weighted by Gasteiger charge is 2.24. The van der Waals surface area contributed by atoms with Crippen LogP contribution in [0.3, 0.4) is 0 Å². The second kappa shape index (κ2) is 5.29. The Kier molecular flexibility index (Phi) is 3.49. The fourth-order valence-corrected chi connectivity index (χ4v) is 2.68. The summed E-state index contributed by atoms with van der Waals surface area (Å²) in [5.74, 6) is 0.757. The molecule has 1 heterocycles. The van der Waals surface area contributed by atoms with Gasteiger partial charge in [0.25, 0.3) is 5.91 Å². The van der Waals surface area contributed by atoms with E-state index >= 15 is 0 Å². The van der Waals surface area contributed by atoms with Crippen molar-refractivity contribution in [1.29, 1.82) is 0 Å². The van der Waals surface area contributed by atoms with Gasteiger partial charge in [0, 0.05) is 10.0 Å². The van der Waals surface area contributed by atoms with Gasteiger partial charge in [-0.1, -0.05) is 33.6 Å². The third kappa shape index (κ3) is 2.43. The largest absolute Gasteiger partial charge is 0.489 e. The zero-order chi connectivity index (χ0) is 14.1. The van der Waals surface area contributed by atoms with Crippen LogP contribution in [0.25, 0.3) is 0 Å². The average Bonchev–Trinajstić information content (AvgIpc) is 2.45. The Morgan fingerprint density at radius 2 is 2.10 bits per heavy atom. The highest BCUT2D eigenvalue weighted by atomic mass is 79.9. The molecule has 3 rings (SSSR count). The molecule has 0 atom stereocenters. The van der Waals surface area contributed by atoms with Crippen LogP contribution in [0.2, 0.25) is 0 Å². The van der Waals surface area contributed by atoms with Gasteiger partial charge in [0.2, 0.25) is 0 Å². The van der Waals surface area contributed by atoms with Gasteiger partial charge in [0.05, 0.1) is 12.2 Å². The monoisotopic (exact) mass is 331 g/mol. The molecule has 0 saturated carbocycles. The lowest BCUT2D eigenvalue weighted by Gasteiger charge is -2.29. The Labute approximate surface area is 126 Å². The van der Waals surface area contributed by atoms with Crippen molar-refractivity contribution in [3.05, 3.63) is 58.1 Å². The predicted molar refractivity (Wildman–Crippen MR) is 82.5 cm³/mol. The summed E-state index contributed by atoms with van der Waals surface area (Å²) in [6.45, 7) is 3.07. The first-order valence-corrected chi connectivity index (χ1v) is 7.25. The predicted octanol–water partition coefficient (Wildman–Crippen LogP) is 3.80. The van der Waals surface area contributed by atoms with Crippen molar-refractivity contribution in [3.63, 3.8) is 0 Å². The minimum Gasteiger partial charge on any atom is -0.489 e. The number of halogens is 1. The molecular weight excluding hydrogens is 318 g/mol. The summed E-state index contributed by atoms with van der Waals surface area (Å²) in [6, 6.07) is 13.4. The first-order valence-electron chi connectivity index (χ1n) is 6.46. The van der Waals surface area contributed by atoms with Gasteiger partial charge in [-0.25, -0.2) is 0 Å². The Morgan fingerprint density at radius 3 is 2.90 bits per heavy atom. The first-order chi connectivity index (χ1) is 9.65. The molecular formula is C16H14BrNO2. The van der Waals surface area contributed by atoms with Crippen molar-refractivity contribution in [1.82, 2.24) is 0 Å². The van der Waals surface area contributed by atoms with Crippen molar-refractivity contribution in [2.24, 2.45) is 0 Å². The van der Waals surface area contributed by atoms with Gasteiger partial charge in [-0.05, 0) is 37.3 Å². The molecule has 0 aliphatic carbocycles. The summed E-state index contributed by atoms with van der Waals surface area (Å²) in [4.78, 5) is 14.4. The van der Waals surface area contributed by atoms with Crippen molar-refractivity contribution in [2.45, 2.75) is 6.92 Å². The quantitative estimate of drug-likeness (QED) is 0.795. The highest BCUT2D eigenvalue weighted by molar-refractivity contribution is 9.10. The lowest BCUT2D eigenvalue weighted by molar-refractivity contribution is 0.0976. The summed E-state index contributed by atoms with van der Waals surface area (Å²) in [5.41, 5.74) is 2.62. The zero-order valence-electron chi connectivity index (χ0n) is 11.1. The topological polar surface area (TPSA) is 29.5 Å². The van der Waals surface area contributed by atoms with Crippen LogP contribution in [0.4, 0.5) is 5.69 Å². The van der Waals surface area contributed by atoms with E-state index in [1.165, 1.54) is 0 Å². The van der Waals surface area contributed by atoms with Crippen LogP contribution in [-0.2, 0) is 0 Å². The van der Waals surface area contributed by atoms with Gasteiger partial charge < -0.3 is 9.64 Å². The molecule has 0 spiro atoms. The fourth-order valence-electron chi connectivity index (χ4n) is 2.34. The van der Waals surface area contributed by atoms with Crippen LogP contribution < -0.4 is 9.64 Å². The molecule has 4 heteroatoms. The lowest BCUT2D eigenvalue weighted by atomic mass is 10.1. The second-order valence-electron chi connectivity index (χ2n) is 4.79.